The molecular formula is C24H24N2O3. The van der Waals surface area contributed by atoms with Crippen LogP contribution in [-0.4, -0.2) is 34.1 Å². The Morgan fingerprint density at radius 3 is 2.14 bits per heavy atom. The lowest BCUT2D eigenvalue weighted by Crippen LogP contribution is -2.09. The molecule has 0 saturated carbocycles. The lowest BCUT2D eigenvalue weighted by atomic mass is 10.0. The van der Waals surface area contributed by atoms with Crippen LogP contribution in [0.3, 0.4) is 0 Å². The highest BCUT2D eigenvalue weighted by Crippen LogP contribution is 2.34. The van der Waals surface area contributed by atoms with Gasteiger partial charge in [-0.2, -0.15) is 5.26 Å². The molecular weight excluding hydrogens is 364 g/mol. The summed E-state index contributed by atoms with van der Waals surface area (Å²) in [5.41, 5.74) is 2.33. The Balaban J connectivity index is 2.22. The Hall–Kier alpha value is -3.78. The molecule has 0 radical (unpaired) electrons. The highest BCUT2D eigenvalue weighted by Gasteiger charge is 2.11. The van der Waals surface area contributed by atoms with Gasteiger partial charge in [0.05, 0.1) is 25.4 Å². The van der Waals surface area contributed by atoms with Crippen molar-refractivity contribution >= 4 is 17.5 Å². The predicted octanol–water partition coefficient (Wildman–Crippen LogP) is 4.67. The van der Waals surface area contributed by atoms with Gasteiger partial charge in [-0.05, 0) is 12.2 Å². The standard InChI is InChI=1S/C24H24N2O3/c1-26(2)20-15-22(28-3)21(23(16-20)29-4)14-10-6-9-13-19(17-25)24(27)18-11-7-5-8-12-18/h5-16H,1-4H3. The first kappa shape index (κ1) is 21.5. The number of carbonyl (C=O) groups excluding carboxylic acids is 1. The zero-order chi connectivity index (χ0) is 21.2. The van der Waals surface area contributed by atoms with Gasteiger partial charge in [0.25, 0.3) is 0 Å². The zero-order valence-corrected chi connectivity index (χ0v) is 17.0. The molecule has 0 amide bonds. The lowest BCUT2D eigenvalue weighted by Gasteiger charge is -2.17. The van der Waals surface area contributed by atoms with Crippen LogP contribution < -0.4 is 14.4 Å². The van der Waals surface area contributed by atoms with E-state index in [4.69, 9.17) is 9.47 Å². The van der Waals surface area contributed by atoms with Gasteiger partial charge in [-0.25, -0.2) is 0 Å². The first-order valence-electron chi connectivity index (χ1n) is 9.00. The van der Waals surface area contributed by atoms with Gasteiger partial charge in [-0.3, -0.25) is 4.79 Å². The maximum absolute atomic E-state index is 12.3. The Morgan fingerprint density at radius 2 is 1.62 bits per heavy atom. The average Bonchev–Trinajstić information content (AvgIpc) is 2.75. The summed E-state index contributed by atoms with van der Waals surface area (Å²) in [6, 6.07) is 14.5. The van der Waals surface area contributed by atoms with Crippen molar-refractivity contribution < 1.29 is 14.3 Å². The summed E-state index contributed by atoms with van der Waals surface area (Å²) in [4.78, 5) is 14.3. The van der Waals surface area contributed by atoms with Crippen molar-refractivity contribution in [3.05, 3.63) is 83.5 Å². The fourth-order valence-corrected chi connectivity index (χ4v) is 2.62. The average molecular weight is 388 g/mol. The fourth-order valence-electron chi connectivity index (χ4n) is 2.62. The van der Waals surface area contributed by atoms with Crippen molar-refractivity contribution in [1.29, 1.82) is 5.26 Å². The molecule has 0 N–H and O–H groups in total. The Kier molecular flexibility index (Phi) is 7.81. The van der Waals surface area contributed by atoms with Crippen LogP contribution >= 0.6 is 0 Å². The Morgan fingerprint density at radius 1 is 1.00 bits per heavy atom. The van der Waals surface area contributed by atoms with Crippen LogP contribution in [0.25, 0.3) is 6.08 Å². The van der Waals surface area contributed by atoms with Crippen molar-refractivity contribution in [1.82, 2.24) is 0 Å². The molecule has 0 aromatic heterocycles. The van der Waals surface area contributed by atoms with Crippen LogP contribution in [0, 0.1) is 11.3 Å². The lowest BCUT2D eigenvalue weighted by molar-refractivity contribution is 0.103. The molecule has 0 heterocycles. The van der Waals surface area contributed by atoms with Gasteiger partial charge in [0.15, 0.2) is 0 Å². The minimum absolute atomic E-state index is 0.0753. The van der Waals surface area contributed by atoms with E-state index in [9.17, 15) is 10.1 Å². The minimum Gasteiger partial charge on any atom is -0.496 e. The van der Waals surface area contributed by atoms with Gasteiger partial charge >= 0.3 is 0 Å². The number of hydrogen-bond donors (Lipinski definition) is 0. The second-order valence-corrected chi connectivity index (χ2v) is 6.29. The zero-order valence-electron chi connectivity index (χ0n) is 17.0. The second-order valence-electron chi connectivity index (χ2n) is 6.29. The van der Waals surface area contributed by atoms with Gasteiger partial charge in [0.2, 0.25) is 5.78 Å². The number of anilines is 1. The van der Waals surface area contributed by atoms with Crippen LogP contribution in [0.2, 0.25) is 0 Å². The molecule has 0 aliphatic rings. The number of nitrogens with zero attached hydrogens (tertiary/aromatic N) is 2. The molecule has 0 aliphatic carbocycles. The molecule has 0 atom stereocenters. The first-order valence-corrected chi connectivity index (χ1v) is 9.00. The maximum atomic E-state index is 12.3. The van der Waals surface area contributed by atoms with Crippen LogP contribution in [0.1, 0.15) is 15.9 Å². The number of benzene rings is 2. The summed E-state index contributed by atoms with van der Waals surface area (Å²) >= 11 is 0. The molecule has 0 unspecified atom stereocenters. The number of carbonyl (C=O) groups is 1. The first-order chi connectivity index (χ1) is 14.0. The number of ketones is 1. The van der Waals surface area contributed by atoms with Crippen LogP contribution in [-0.2, 0) is 0 Å². The smallest absolute Gasteiger partial charge is 0.203 e. The molecule has 2 aromatic rings. The van der Waals surface area contributed by atoms with Gasteiger partial charge in [0.1, 0.15) is 17.6 Å². The van der Waals surface area contributed by atoms with E-state index in [0.717, 1.165) is 11.3 Å². The predicted molar refractivity (Wildman–Crippen MR) is 117 cm³/mol. The number of nitriles is 1. The van der Waals surface area contributed by atoms with Gasteiger partial charge < -0.3 is 14.4 Å². The second kappa shape index (κ2) is 10.5. The summed E-state index contributed by atoms with van der Waals surface area (Å²) in [6.07, 6.45) is 8.56. The molecule has 0 aliphatic heterocycles. The van der Waals surface area contributed by atoms with Gasteiger partial charge in [0, 0.05) is 37.5 Å². The van der Waals surface area contributed by atoms with E-state index in [1.807, 2.05) is 49.3 Å². The topological polar surface area (TPSA) is 62.6 Å². The molecule has 2 rings (SSSR count). The Bertz CT molecular complexity index is 956. The molecule has 0 spiro atoms. The van der Waals surface area contributed by atoms with Crippen molar-refractivity contribution in [3.63, 3.8) is 0 Å². The van der Waals surface area contributed by atoms with Crippen molar-refractivity contribution in [3.8, 4) is 17.6 Å². The van der Waals surface area contributed by atoms with E-state index in [-0.39, 0.29) is 11.4 Å². The van der Waals surface area contributed by atoms with E-state index in [1.54, 1.807) is 56.7 Å². The van der Waals surface area contributed by atoms with E-state index in [0.29, 0.717) is 17.1 Å². The fraction of sp³-hybridized carbons (Fsp3) is 0.167. The van der Waals surface area contributed by atoms with E-state index in [2.05, 4.69) is 0 Å². The highest BCUT2D eigenvalue weighted by atomic mass is 16.5. The minimum atomic E-state index is -0.302. The Labute approximate surface area is 171 Å². The number of Topliss-reactive ketones (excluding diaryl/α,β-unsaturated/α-hetero) is 1. The van der Waals surface area contributed by atoms with Crippen LogP contribution in [0.4, 0.5) is 5.69 Å². The van der Waals surface area contributed by atoms with E-state index >= 15 is 0 Å². The third-order valence-electron chi connectivity index (χ3n) is 4.19. The third-order valence-corrected chi connectivity index (χ3v) is 4.19. The van der Waals surface area contributed by atoms with Crippen LogP contribution in [0.5, 0.6) is 11.5 Å². The maximum Gasteiger partial charge on any atom is 0.203 e. The van der Waals surface area contributed by atoms with E-state index < -0.39 is 0 Å². The summed E-state index contributed by atoms with van der Waals surface area (Å²) in [7, 11) is 7.11. The largest absolute Gasteiger partial charge is 0.496 e. The molecule has 5 heteroatoms. The number of ether oxygens (including phenoxy) is 2. The quantitative estimate of drug-likeness (QED) is 0.285. The monoisotopic (exact) mass is 388 g/mol. The summed E-state index contributed by atoms with van der Waals surface area (Å²) in [5.74, 6) is 1.07. The summed E-state index contributed by atoms with van der Waals surface area (Å²) in [5, 5.41) is 9.27. The summed E-state index contributed by atoms with van der Waals surface area (Å²) < 4.78 is 11.0. The highest BCUT2D eigenvalue weighted by molar-refractivity contribution is 6.11. The molecule has 0 fully saturated rings. The molecule has 5 nitrogen and oxygen atoms in total. The SMILES string of the molecule is COc1cc(N(C)C)cc(OC)c1C=CC=CC=C(C#N)C(=O)c1ccccc1. The number of allylic oxidation sites excluding steroid dienone is 5. The molecule has 148 valence electrons. The summed E-state index contributed by atoms with van der Waals surface area (Å²) in [6.45, 7) is 0. The van der Waals surface area contributed by atoms with Gasteiger partial charge in [-0.1, -0.05) is 48.6 Å². The number of rotatable bonds is 8. The molecule has 2 aromatic carbocycles. The van der Waals surface area contributed by atoms with E-state index in [1.165, 1.54) is 6.08 Å². The number of methoxy groups -OCH3 is 2. The van der Waals surface area contributed by atoms with Crippen LogP contribution in [0.15, 0.2) is 72.3 Å². The van der Waals surface area contributed by atoms with Crippen molar-refractivity contribution in [2.45, 2.75) is 0 Å². The third kappa shape index (κ3) is 5.60. The molecule has 0 bridgehead atoms. The molecule has 0 saturated heterocycles. The van der Waals surface area contributed by atoms with Gasteiger partial charge in [-0.15, -0.1) is 0 Å². The van der Waals surface area contributed by atoms with Crippen molar-refractivity contribution in [2.75, 3.05) is 33.2 Å². The normalized spacial score (nSPS) is 11.5. The number of hydrogen-bond acceptors (Lipinski definition) is 5. The van der Waals surface area contributed by atoms with Crippen molar-refractivity contribution in [2.24, 2.45) is 0 Å². The molecule has 29 heavy (non-hydrogen) atoms.